The van der Waals surface area contributed by atoms with Crippen LogP contribution in [0.3, 0.4) is 0 Å². The molecular formula is C14H25N3. The van der Waals surface area contributed by atoms with Crippen LogP contribution < -0.4 is 5.32 Å². The van der Waals surface area contributed by atoms with Crippen LogP contribution in [0.4, 0.5) is 0 Å². The van der Waals surface area contributed by atoms with Gasteiger partial charge in [-0.2, -0.15) is 5.10 Å². The molecule has 0 unspecified atom stereocenters. The van der Waals surface area contributed by atoms with Crippen LogP contribution in [0.15, 0.2) is 24.5 Å². The van der Waals surface area contributed by atoms with E-state index in [1.165, 1.54) is 5.56 Å². The van der Waals surface area contributed by atoms with Crippen LogP contribution >= 0.6 is 0 Å². The molecule has 3 nitrogen and oxygen atoms in total. The van der Waals surface area contributed by atoms with Gasteiger partial charge in [-0.3, -0.25) is 4.68 Å². The van der Waals surface area contributed by atoms with E-state index < -0.39 is 0 Å². The summed E-state index contributed by atoms with van der Waals surface area (Å²) in [4.78, 5) is 0. The number of rotatable bonds is 6. The summed E-state index contributed by atoms with van der Waals surface area (Å²) in [6.07, 6.45) is 11.8. The molecule has 0 saturated carbocycles. The zero-order valence-corrected chi connectivity index (χ0v) is 11.5. The summed E-state index contributed by atoms with van der Waals surface area (Å²) in [5, 5.41) is 7.62. The van der Waals surface area contributed by atoms with Crippen LogP contribution in [-0.2, 0) is 13.5 Å². The van der Waals surface area contributed by atoms with Crippen molar-refractivity contribution in [2.24, 2.45) is 7.05 Å². The minimum Gasteiger partial charge on any atom is -0.312 e. The minimum absolute atomic E-state index is 0.226. The lowest BCUT2D eigenvalue weighted by atomic mass is 10.1. The van der Waals surface area contributed by atoms with Crippen LogP contribution in [0, 0.1) is 0 Å². The van der Waals surface area contributed by atoms with E-state index in [1.807, 2.05) is 17.9 Å². The molecule has 1 heterocycles. The molecule has 0 spiro atoms. The third-order valence-electron chi connectivity index (χ3n) is 2.49. The summed E-state index contributed by atoms with van der Waals surface area (Å²) in [7, 11) is 1.96. The van der Waals surface area contributed by atoms with E-state index in [9.17, 15) is 0 Å². The SMILES string of the molecule is Cn1cc(CC/C=C/CCNC(C)(C)C)cn1. The van der Waals surface area contributed by atoms with Gasteiger partial charge in [0.15, 0.2) is 0 Å². The van der Waals surface area contributed by atoms with Crippen molar-refractivity contribution >= 4 is 0 Å². The Hall–Kier alpha value is -1.09. The van der Waals surface area contributed by atoms with Gasteiger partial charge in [-0.1, -0.05) is 12.2 Å². The number of hydrogen-bond acceptors (Lipinski definition) is 2. The average Bonchev–Trinajstić information content (AvgIpc) is 2.61. The van der Waals surface area contributed by atoms with Crippen LogP contribution in [0.5, 0.6) is 0 Å². The fourth-order valence-electron chi connectivity index (χ4n) is 1.62. The van der Waals surface area contributed by atoms with Gasteiger partial charge >= 0.3 is 0 Å². The molecule has 0 radical (unpaired) electrons. The van der Waals surface area contributed by atoms with Gasteiger partial charge in [-0.25, -0.2) is 0 Å². The van der Waals surface area contributed by atoms with E-state index in [2.05, 4.69) is 49.5 Å². The summed E-state index contributed by atoms with van der Waals surface area (Å²) >= 11 is 0. The molecule has 1 aromatic heterocycles. The van der Waals surface area contributed by atoms with Gasteiger partial charge in [0.2, 0.25) is 0 Å². The fraction of sp³-hybridized carbons (Fsp3) is 0.643. The average molecular weight is 235 g/mol. The number of nitrogens with zero attached hydrogens (tertiary/aromatic N) is 2. The van der Waals surface area contributed by atoms with Crippen molar-refractivity contribution in [1.82, 2.24) is 15.1 Å². The Balaban J connectivity index is 2.07. The first-order chi connectivity index (χ1) is 7.97. The Morgan fingerprint density at radius 2 is 2.00 bits per heavy atom. The second-order valence-electron chi connectivity index (χ2n) is 5.50. The molecule has 0 saturated heterocycles. The smallest absolute Gasteiger partial charge is 0.0521 e. The maximum Gasteiger partial charge on any atom is 0.0521 e. The number of nitrogens with one attached hydrogen (secondary N) is 1. The standard InChI is InChI=1S/C14H25N3/c1-14(2,3)15-10-8-6-5-7-9-13-11-16-17(4)12-13/h5-6,11-12,15H,7-10H2,1-4H3/b6-5+. The fourth-order valence-corrected chi connectivity index (χ4v) is 1.62. The highest BCUT2D eigenvalue weighted by atomic mass is 15.2. The van der Waals surface area contributed by atoms with Gasteiger partial charge < -0.3 is 5.32 Å². The predicted molar refractivity (Wildman–Crippen MR) is 73.0 cm³/mol. The number of aromatic nitrogens is 2. The van der Waals surface area contributed by atoms with Gasteiger partial charge in [0, 0.05) is 18.8 Å². The molecule has 1 aromatic rings. The Bertz CT molecular complexity index is 345. The van der Waals surface area contributed by atoms with E-state index >= 15 is 0 Å². The predicted octanol–water partition coefficient (Wildman–Crippen LogP) is 2.69. The molecule has 0 aromatic carbocycles. The molecule has 0 aliphatic carbocycles. The van der Waals surface area contributed by atoms with Crippen molar-refractivity contribution < 1.29 is 0 Å². The van der Waals surface area contributed by atoms with Crippen molar-refractivity contribution in [3.63, 3.8) is 0 Å². The monoisotopic (exact) mass is 235 g/mol. The lowest BCUT2D eigenvalue weighted by Crippen LogP contribution is -2.36. The number of allylic oxidation sites excluding steroid dienone is 1. The first-order valence-corrected chi connectivity index (χ1v) is 6.35. The maximum atomic E-state index is 4.15. The van der Waals surface area contributed by atoms with Crippen LogP contribution in [-0.4, -0.2) is 21.9 Å². The highest BCUT2D eigenvalue weighted by Crippen LogP contribution is 2.02. The highest BCUT2D eigenvalue weighted by molar-refractivity contribution is 5.04. The molecule has 1 rings (SSSR count). The minimum atomic E-state index is 0.226. The Morgan fingerprint density at radius 1 is 1.29 bits per heavy atom. The molecule has 1 N–H and O–H groups in total. The lowest BCUT2D eigenvalue weighted by molar-refractivity contribution is 0.431. The zero-order valence-electron chi connectivity index (χ0n) is 11.5. The van der Waals surface area contributed by atoms with E-state index in [1.54, 1.807) is 0 Å². The second kappa shape index (κ2) is 6.60. The van der Waals surface area contributed by atoms with Gasteiger partial charge in [0.05, 0.1) is 6.20 Å². The molecule has 0 aliphatic rings. The van der Waals surface area contributed by atoms with E-state index in [0.717, 1.165) is 25.8 Å². The van der Waals surface area contributed by atoms with Crippen LogP contribution in [0.25, 0.3) is 0 Å². The quantitative estimate of drug-likeness (QED) is 0.607. The van der Waals surface area contributed by atoms with Crippen molar-refractivity contribution in [1.29, 1.82) is 0 Å². The summed E-state index contributed by atoms with van der Waals surface area (Å²) < 4.78 is 1.85. The molecule has 0 amide bonds. The van der Waals surface area contributed by atoms with Crippen molar-refractivity contribution in [3.8, 4) is 0 Å². The molecule has 0 fully saturated rings. The Morgan fingerprint density at radius 3 is 2.59 bits per heavy atom. The molecule has 3 heteroatoms. The third kappa shape index (κ3) is 6.95. The molecule has 0 bridgehead atoms. The zero-order chi connectivity index (χ0) is 12.7. The Labute approximate surface area is 105 Å². The number of aryl methyl sites for hydroxylation is 2. The van der Waals surface area contributed by atoms with Gasteiger partial charge in [-0.05, 0) is 52.1 Å². The summed E-state index contributed by atoms with van der Waals surface area (Å²) in [5.41, 5.74) is 1.54. The lowest BCUT2D eigenvalue weighted by Gasteiger charge is -2.19. The summed E-state index contributed by atoms with van der Waals surface area (Å²) in [6, 6.07) is 0. The number of hydrogen-bond donors (Lipinski definition) is 1. The third-order valence-corrected chi connectivity index (χ3v) is 2.49. The van der Waals surface area contributed by atoms with E-state index in [-0.39, 0.29) is 5.54 Å². The normalized spacial score (nSPS) is 12.5. The highest BCUT2D eigenvalue weighted by Gasteiger charge is 2.05. The van der Waals surface area contributed by atoms with E-state index in [0.29, 0.717) is 0 Å². The summed E-state index contributed by atoms with van der Waals surface area (Å²) in [5.74, 6) is 0. The molecule has 96 valence electrons. The van der Waals surface area contributed by atoms with Crippen molar-refractivity contribution in [2.75, 3.05) is 6.54 Å². The van der Waals surface area contributed by atoms with Crippen LogP contribution in [0.2, 0.25) is 0 Å². The first kappa shape index (κ1) is 14.0. The topological polar surface area (TPSA) is 29.9 Å². The van der Waals surface area contributed by atoms with Crippen molar-refractivity contribution in [2.45, 2.75) is 45.6 Å². The molecule has 0 atom stereocenters. The van der Waals surface area contributed by atoms with Gasteiger partial charge in [0.25, 0.3) is 0 Å². The second-order valence-corrected chi connectivity index (χ2v) is 5.50. The molecule has 17 heavy (non-hydrogen) atoms. The maximum absolute atomic E-state index is 4.15. The van der Waals surface area contributed by atoms with E-state index in [4.69, 9.17) is 0 Å². The molecular weight excluding hydrogens is 210 g/mol. The van der Waals surface area contributed by atoms with Gasteiger partial charge in [0.1, 0.15) is 0 Å². The largest absolute Gasteiger partial charge is 0.312 e. The van der Waals surface area contributed by atoms with Gasteiger partial charge in [-0.15, -0.1) is 0 Å². The Kier molecular flexibility index (Phi) is 5.42. The summed E-state index contributed by atoms with van der Waals surface area (Å²) in [6.45, 7) is 7.63. The first-order valence-electron chi connectivity index (χ1n) is 6.35. The molecule has 0 aliphatic heterocycles. The van der Waals surface area contributed by atoms with Crippen LogP contribution in [0.1, 0.15) is 39.2 Å². The van der Waals surface area contributed by atoms with Crippen molar-refractivity contribution in [3.05, 3.63) is 30.1 Å².